The van der Waals surface area contributed by atoms with Crippen LogP contribution in [0.5, 0.6) is 0 Å². The zero-order valence-corrected chi connectivity index (χ0v) is 13.7. The maximum absolute atomic E-state index is 4.32. The van der Waals surface area contributed by atoms with Crippen molar-refractivity contribution in [1.82, 2.24) is 9.97 Å². The van der Waals surface area contributed by atoms with Gasteiger partial charge in [-0.3, -0.25) is 0 Å². The Morgan fingerprint density at radius 2 is 1.90 bits per heavy atom. The normalized spacial score (nSPS) is 16.0. The summed E-state index contributed by atoms with van der Waals surface area (Å²) >= 11 is 3.51. The van der Waals surface area contributed by atoms with Gasteiger partial charge in [0.1, 0.15) is 0 Å². The number of anilines is 2. The fourth-order valence-corrected chi connectivity index (χ4v) is 3.16. The molecule has 1 aromatic carbocycles. The highest BCUT2D eigenvalue weighted by molar-refractivity contribution is 9.10. The van der Waals surface area contributed by atoms with E-state index < -0.39 is 0 Å². The van der Waals surface area contributed by atoms with Crippen LogP contribution in [0.15, 0.2) is 41.1 Å². The lowest BCUT2D eigenvalue weighted by molar-refractivity contribution is 0.519. The van der Waals surface area contributed by atoms with E-state index in [1.54, 1.807) is 12.4 Å². The maximum Gasteiger partial charge on any atom is 0.225 e. The molecular weight excluding hydrogens is 328 g/mol. The summed E-state index contributed by atoms with van der Waals surface area (Å²) in [6.45, 7) is 4.13. The second-order valence-corrected chi connectivity index (χ2v) is 6.33. The molecule has 21 heavy (non-hydrogen) atoms. The molecule has 2 heterocycles. The minimum Gasteiger partial charge on any atom is -0.382 e. The van der Waals surface area contributed by atoms with Crippen LogP contribution < -0.4 is 10.2 Å². The first-order valence-electron chi connectivity index (χ1n) is 7.27. The molecule has 0 unspecified atom stereocenters. The van der Waals surface area contributed by atoms with Crippen LogP contribution in [0.25, 0.3) is 0 Å². The largest absolute Gasteiger partial charge is 0.382 e. The van der Waals surface area contributed by atoms with E-state index in [0.717, 1.165) is 36.4 Å². The average Bonchev–Trinajstić information content (AvgIpc) is 2.52. The van der Waals surface area contributed by atoms with Crippen molar-refractivity contribution >= 4 is 27.6 Å². The summed E-state index contributed by atoms with van der Waals surface area (Å²) < 4.78 is 1.13. The molecule has 4 nitrogen and oxygen atoms in total. The number of rotatable bonds is 3. The van der Waals surface area contributed by atoms with Crippen LogP contribution >= 0.6 is 15.9 Å². The Balaban J connectivity index is 1.59. The number of piperidine rings is 1. The molecule has 2 aromatic rings. The van der Waals surface area contributed by atoms with E-state index in [9.17, 15) is 0 Å². The number of hydrogen-bond donors (Lipinski definition) is 1. The lowest BCUT2D eigenvalue weighted by Gasteiger charge is -2.33. The highest BCUT2D eigenvalue weighted by atomic mass is 79.9. The van der Waals surface area contributed by atoms with Crippen LogP contribution in [0.2, 0.25) is 0 Å². The van der Waals surface area contributed by atoms with Crippen LogP contribution in [0.3, 0.4) is 0 Å². The van der Waals surface area contributed by atoms with Gasteiger partial charge in [0.15, 0.2) is 0 Å². The molecule has 0 saturated carbocycles. The third-order valence-electron chi connectivity index (χ3n) is 3.88. The van der Waals surface area contributed by atoms with Crippen LogP contribution in [-0.2, 0) is 0 Å². The lowest BCUT2D eigenvalue weighted by Crippen LogP contribution is -2.40. The Morgan fingerprint density at radius 3 is 2.57 bits per heavy atom. The molecule has 1 saturated heterocycles. The van der Waals surface area contributed by atoms with Crippen LogP contribution in [-0.4, -0.2) is 29.1 Å². The van der Waals surface area contributed by atoms with Gasteiger partial charge in [-0.1, -0.05) is 15.9 Å². The topological polar surface area (TPSA) is 41.0 Å². The van der Waals surface area contributed by atoms with Crippen molar-refractivity contribution in [3.63, 3.8) is 0 Å². The smallest absolute Gasteiger partial charge is 0.225 e. The number of hydrogen-bond acceptors (Lipinski definition) is 4. The van der Waals surface area contributed by atoms with E-state index in [1.165, 1.54) is 11.3 Å². The number of aryl methyl sites for hydroxylation is 1. The van der Waals surface area contributed by atoms with Crippen LogP contribution in [0.1, 0.15) is 18.4 Å². The molecule has 1 fully saturated rings. The van der Waals surface area contributed by atoms with Gasteiger partial charge in [-0.25, -0.2) is 9.97 Å². The van der Waals surface area contributed by atoms with E-state index in [-0.39, 0.29) is 0 Å². The number of halogens is 1. The predicted octanol–water partition coefficient (Wildman–Crippen LogP) is 3.63. The summed E-state index contributed by atoms with van der Waals surface area (Å²) in [6.07, 6.45) is 5.82. The first-order valence-corrected chi connectivity index (χ1v) is 8.06. The van der Waals surface area contributed by atoms with Crippen molar-refractivity contribution in [3.05, 3.63) is 46.7 Å². The monoisotopic (exact) mass is 346 g/mol. The Bertz CT molecular complexity index is 594. The molecule has 110 valence electrons. The van der Waals surface area contributed by atoms with Gasteiger partial charge in [0, 0.05) is 41.7 Å². The number of benzene rings is 1. The quantitative estimate of drug-likeness (QED) is 0.921. The van der Waals surface area contributed by atoms with E-state index >= 15 is 0 Å². The van der Waals surface area contributed by atoms with E-state index in [0.29, 0.717) is 6.04 Å². The molecule has 0 amide bonds. The van der Waals surface area contributed by atoms with Crippen molar-refractivity contribution in [2.75, 3.05) is 23.3 Å². The molecule has 0 radical (unpaired) electrons. The standard InChI is InChI=1S/C16H19BrN4/c1-12-11-13(17)3-4-15(12)20-14-5-9-21(10-6-14)16-18-7-2-8-19-16/h2-4,7-8,11,14,20H,5-6,9-10H2,1H3. The van der Waals surface area contributed by atoms with Gasteiger partial charge in [-0.15, -0.1) is 0 Å². The zero-order chi connectivity index (χ0) is 14.7. The first-order chi connectivity index (χ1) is 10.2. The minimum atomic E-state index is 0.518. The van der Waals surface area contributed by atoms with Gasteiger partial charge < -0.3 is 10.2 Å². The Kier molecular flexibility index (Phi) is 4.39. The highest BCUT2D eigenvalue weighted by Crippen LogP contribution is 2.24. The molecule has 0 atom stereocenters. The van der Waals surface area contributed by atoms with Gasteiger partial charge in [0.05, 0.1) is 0 Å². The summed E-state index contributed by atoms with van der Waals surface area (Å²) in [5.41, 5.74) is 2.51. The molecule has 1 N–H and O–H groups in total. The summed E-state index contributed by atoms with van der Waals surface area (Å²) in [5.74, 6) is 0.843. The molecule has 1 aromatic heterocycles. The van der Waals surface area contributed by atoms with E-state index in [4.69, 9.17) is 0 Å². The maximum atomic E-state index is 4.32. The predicted molar refractivity (Wildman–Crippen MR) is 89.8 cm³/mol. The summed E-state index contributed by atoms with van der Waals surface area (Å²) in [7, 11) is 0. The molecule has 5 heteroatoms. The van der Waals surface area contributed by atoms with Gasteiger partial charge >= 0.3 is 0 Å². The van der Waals surface area contributed by atoms with E-state index in [1.807, 2.05) is 6.07 Å². The Labute approximate surface area is 133 Å². The fourth-order valence-electron chi connectivity index (χ4n) is 2.69. The molecular formula is C16H19BrN4. The second kappa shape index (κ2) is 6.43. The summed E-state index contributed by atoms with van der Waals surface area (Å²) in [4.78, 5) is 10.9. The van der Waals surface area contributed by atoms with Crippen molar-refractivity contribution < 1.29 is 0 Å². The SMILES string of the molecule is Cc1cc(Br)ccc1NC1CCN(c2ncccn2)CC1. The first kappa shape index (κ1) is 14.3. The second-order valence-electron chi connectivity index (χ2n) is 5.41. The van der Waals surface area contributed by atoms with Crippen molar-refractivity contribution in [1.29, 1.82) is 0 Å². The lowest BCUT2D eigenvalue weighted by atomic mass is 10.0. The summed E-state index contributed by atoms with van der Waals surface area (Å²) in [6, 6.07) is 8.75. The van der Waals surface area contributed by atoms with E-state index in [2.05, 4.69) is 61.2 Å². The third-order valence-corrected chi connectivity index (χ3v) is 4.37. The molecule has 3 rings (SSSR count). The number of aromatic nitrogens is 2. The van der Waals surface area contributed by atoms with Crippen molar-refractivity contribution in [3.8, 4) is 0 Å². The van der Waals surface area contributed by atoms with Gasteiger partial charge in [-0.05, 0) is 49.6 Å². The van der Waals surface area contributed by atoms with Gasteiger partial charge in [0.2, 0.25) is 5.95 Å². The van der Waals surface area contributed by atoms with Crippen molar-refractivity contribution in [2.24, 2.45) is 0 Å². The van der Waals surface area contributed by atoms with Crippen LogP contribution in [0.4, 0.5) is 11.6 Å². The number of nitrogens with zero attached hydrogens (tertiary/aromatic N) is 3. The molecule has 0 spiro atoms. The summed E-state index contributed by atoms with van der Waals surface area (Å²) in [5, 5.41) is 3.66. The highest BCUT2D eigenvalue weighted by Gasteiger charge is 2.20. The molecule has 1 aliphatic rings. The third kappa shape index (κ3) is 3.53. The Hall–Kier alpha value is -1.62. The molecule has 0 aliphatic carbocycles. The fraction of sp³-hybridized carbons (Fsp3) is 0.375. The Morgan fingerprint density at radius 1 is 1.19 bits per heavy atom. The van der Waals surface area contributed by atoms with Crippen LogP contribution in [0, 0.1) is 6.92 Å². The average molecular weight is 347 g/mol. The minimum absolute atomic E-state index is 0.518. The molecule has 0 bridgehead atoms. The van der Waals surface area contributed by atoms with Gasteiger partial charge in [0.25, 0.3) is 0 Å². The molecule has 1 aliphatic heterocycles. The van der Waals surface area contributed by atoms with Crippen molar-refractivity contribution in [2.45, 2.75) is 25.8 Å². The zero-order valence-electron chi connectivity index (χ0n) is 12.1. The van der Waals surface area contributed by atoms with Gasteiger partial charge in [-0.2, -0.15) is 0 Å². The number of nitrogens with one attached hydrogen (secondary N) is 1.